The summed E-state index contributed by atoms with van der Waals surface area (Å²) in [5.74, 6) is 0. The molecule has 1 aliphatic rings. The lowest BCUT2D eigenvalue weighted by atomic mass is 9.91. The van der Waals surface area contributed by atoms with Crippen LogP contribution in [0, 0.1) is 6.92 Å². The molecule has 0 spiro atoms. The van der Waals surface area contributed by atoms with E-state index >= 15 is 0 Å². The number of anilines is 1. The summed E-state index contributed by atoms with van der Waals surface area (Å²) in [5, 5.41) is 3.51. The third kappa shape index (κ3) is 4.16. The summed E-state index contributed by atoms with van der Waals surface area (Å²) < 4.78 is 28.1. The van der Waals surface area contributed by atoms with Crippen LogP contribution in [0.5, 0.6) is 0 Å². The molecule has 5 heteroatoms. The van der Waals surface area contributed by atoms with Crippen molar-refractivity contribution in [1.29, 1.82) is 0 Å². The summed E-state index contributed by atoms with van der Waals surface area (Å²) in [5.41, 5.74) is 2.25. The minimum Gasteiger partial charge on any atom is -0.381 e. The second-order valence-electron chi connectivity index (χ2n) is 6.44. The minimum atomic E-state index is -3.48. The largest absolute Gasteiger partial charge is 0.381 e. The molecule has 3 rings (SSSR count). The monoisotopic (exact) mass is 344 g/mol. The summed E-state index contributed by atoms with van der Waals surface area (Å²) in [7, 11) is -3.48. The molecule has 128 valence electrons. The molecule has 1 saturated carbocycles. The molecule has 2 unspecified atom stereocenters. The number of aryl methyl sites for hydroxylation is 1. The topological polar surface area (TPSA) is 58.2 Å². The van der Waals surface area contributed by atoms with E-state index in [9.17, 15) is 8.42 Å². The van der Waals surface area contributed by atoms with Gasteiger partial charge in [0.15, 0.2) is 0 Å². The van der Waals surface area contributed by atoms with E-state index in [1.54, 1.807) is 24.3 Å². The van der Waals surface area contributed by atoms with Crippen LogP contribution in [0.2, 0.25) is 0 Å². The van der Waals surface area contributed by atoms with Crippen LogP contribution in [0.1, 0.15) is 31.2 Å². The third-order valence-corrected chi connectivity index (χ3v) is 6.04. The van der Waals surface area contributed by atoms with Gasteiger partial charge in [0.05, 0.1) is 4.90 Å². The fourth-order valence-electron chi connectivity index (χ4n) is 3.18. The molecule has 1 fully saturated rings. The van der Waals surface area contributed by atoms with Gasteiger partial charge in [-0.15, -0.1) is 0 Å². The zero-order valence-electron chi connectivity index (χ0n) is 13.9. The molecule has 2 atom stereocenters. The maximum atomic E-state index is 12.6. The van der Waals surface area contributed by atoms with Crippen LogP contribution in [0.3, 0.4) is 0 Å². The van der Waals surface area contributed by atoms with Gasteiger partial charge in [0.25, 0.3) is 0 Å². The Bertz CT molecular complexity index is 758. The van der Waals surface area contributed by atoms with E-state index in [1.165, 1.54) is 5.56 Å². The molecular formula is C19H24N2O2S. The van der Waals surface area contributed by atoms with Crippen molar-refractivity contribution in [1.82, 2.24) is 4.72 Å². The molecule has 24 heavy (non-hydrogen) atoms. The van der Waals surface area contributed by atoms with E-state index in [0.717, 1.165) is 31.4 Å². The summed E-state index contributed by atoms with van der Waals surface area (Å²) in [6.07, 6.45) is 3.99. The van der Waals surface area contributed by atoms with E-state index < -0.39 is 10.0 Å². The minimum absolute atomic E-state index is 0.0924. The average Bonchev–Trinajstić information content (AvgIpc) is 2.59. The van der Waals surface area contributed by atoms with E-state index in [0.29, 0.717) is 4.90 Å². The number of nitrogens with one attached hydrogen (secondary N) is 2. The molecule has 0 saturated heterocycles. The maximum absolute atomic E-state index is 12.6. The quantitative estimate of drug-likeness (QED) is 0.869. The Morgan fingerprint density at radius 2 is 1.50 bits per heavy atom. The van der Waals surface area contributed by atoms with Crippen molar-refractivity contribution in [2.45, 2.75) is 49.6 Å². The van der Waals surface area contributed by atoms with Gasteiger partial charge >= 0.3 is 0 Å². The number of hydrogen-bond acceptors (Lipinski definition) is 3. The van der Waals surface area contributed by atoms with Crippen molar-refractivity contribution < 1.29 is 8.42 Å². The zero-order chi connectivity index (χ0) is 17.0. The van der Waals surface area contributed by atoms with E-state index in [1.807, 2.05) is 18.2 Å². The van der Waals surface area contributed by atoms with E-state index in [-0.39, 0.29) is 12.1 Å². The second-order valence-corrected chi connectivity index (χ2v) is 8.16. The molecule has 0 radical (unpaired) electrons. The van der Waals surface area contributed by atoms with Gasteiger partial charge < -0.3 is 5.32 Å². The Balaban J connectivity index is 1.74. The first-order chi connectivity index (χ1) is 11.5. The molecule has 0 amide bonds. The third-order valence-electron chi connectivity index (χ3n) is 4.53. The second kappa shape index (κ2) is 7.36. The van der Waals surface area contributed by atoms with Crippen LogP contribution < -0.4 is 10.0 Å². The molecule has 0 heterocycles. The van der Waals surface area contributed by atoms with E-state index in [2.05, 4.69) is 29.1 Å². The SMILES string of the molecule is Cc1ccc(NC2CCCCC2NS(=O)(=O)c2ccccc2)cc1. The molecule has 0 bridgehead atoms. The fraction of sp³-hybridized carbons (Fsp3) is 0.368. The first-order valence-corrected chi connectivity index (χ1v) is 9.93. The predicted octanol–water partition coefficient (Wildman–Crippen LogP) is 3.70. The van der Waals surface area contributed by atoms with Gasteiger partial charge in [-0.3, -0.25) is 0 Å². The van der Waals surface area contributed by atoms with Gasteiger partial charge in [-0.25, -0.2) is 13.1 Å². The van der Waals surface area contributed by atoms with Gasteiger partial charge in [0, 0.05) is 17.8 Å². The zero-order valence-corrected chi connectivity index (χ0v) is 14.7. The van der Waals surface area contributed by atoms with Crippen molar-refractivity contribution in [3.05, 3.63) is 60.2 Å². The van der Waals surface area contributed by atoms with Crippen LogP contribution in [0.25, 0.3) is 0 Å². The van der Waals surface area contributed by atoms with Gasteiger partial charge in [0.2, 0.25) is 10.0 Å². The highest BCUT2D eigenvalue weighted by atomic mass is 32.2. The molecule has 0 aromatic heterocycles. The highest BCUT2D eigenvalue weighted by molar-refractivity contribution is 7.89. The smallest absolute Gasteiger partial charge is 0.240 e. The van der Waals surface area contributed by atoms with Gasteiger partial charge in [-0.05, 0) is 44.0 Å². The van der Waals surface area contributed by atoms with Crippen molar-refractivity contribution in [2.75, 3.05) is 5.32 Å². The molecule has 4 nitrogen and oxygen atoms in total. The molecule has 1 aliphatic carbocycles. The van der Waals surface area contributed by atoms with Crippen LogP contribution in [0.4, 0.5) is 5.69 Å². The van der Waals surface area contributed by atoms with Crippen LogP contribution in [0.15, 0.2) is 59.5 Å². The van der Waals surface area contributed by atoms with Gasteiger partial charge in [0.1, 0.15) is 0 Å². The maximum Gasteiger partial charge on any atom is 0.240 e. The fourth-order valence-corrected chi connectivity index (χ4v) is 4.51. The normalized spacial score (nSPS) is 21.4. The molecule has 0 aliphatic heterocycles. The lowest BCUT2D eigenvalue weighted by Crippen LogP contribution is -2.48. The van der Waals surface area contributed by atoms with Crippen molar-refractivity contribution in [3.63, 3.8) is 0 Å². The highest BCUT2D eigenvalue weighted by Crippen LogP contribution is 2.24. The summed E-state index contributed by atoms with van der Waals surface area (Å²) in [4.78, 5) is 0.324. The standard InChI is InChI=1S/C19H24N2O2S/c1-15-11-13-16(14-12-15)20-18-9-5-6-10-19(18)21-24(22,23)17-7-3-2-4-8-17/h2-4,7-8,11-14,18-21H,5-6,9-10H2,1H3. The lowest BCUT2D eigenvalue weighted by Gasteiger charge is -2.33. The molecule has 2 aromatic rings. The Labute approximate surface area is 144 Å². The molecular weight excluding hydrogens is 320 g/mol. The first-order valence-electron chi connectivity index (χ1n) is 8.45. The molecule has 2 aromatic carbocycles. The lowest BCUT2D eigenvalue weighted by molar-refractivity contribution is 0.378. The number of sulfonamides is 1. The van der Waals surface area contributed by atoms with E-state index in [4.69, 9.17) is 0 Å². The average molecular weight is 344 g/mol. The van der Waals surface area contributed by atoms with Crippen molar-refractivity contribution in [2.24, 2.45) is 0 Å². The van der Waals surface area contributed by atoms with Crippen molar-refractivity contribution >= 4 is 15.7 Å². The number of benzene rings is 2. The van der Waals surface area contributed by atoms with Crippen LogP contribution in [-0.2, 0) is 10.0 Å². The Morgan fingerprint density at radius 1 is 0.875 bits per heavy atom. The van der Waals surface area contributed by atoms with Gasteiger partial charge in [-0.2, -0.15) is 0 Å². The molecule has 2 N–H and O–H groups in total. The van der Waals surface area contributed by atoms with Gasteiger partial charge in [-0.1, -0.05) is 48.7 Å². The summed E-state index contributed by atoms with van der Waals surface area (Å²) in [6, 6.07) is 16.8. The summed E-state index contributed by atoms with van der Waals surface area (Å²) >= 11 is 0. The number of hydrogen-bond donors (Lipinski definition) is 2. The Kier molecular flexibility index (Phi) is 5.21. The van der Waals surface area contributed by atoms with Crippen molar-refractivity contribution in [3.8, 4) is 0 Å². The van der Waals surface area contributed by atoms with Crippen LogP contribution in [-0.4, -0.2) is 20.5 Å². The summed E-state index contributed by atoms with van der Waals surface area (Å²) in [6.45, 7) is 2.06. The van der Waals surface area contributed by atoms with Crippen LogP contribution >= 0.6 is 0 Å². The first kappa shape index (κ1) is 17.0. The highest BCUT2D eigenvalue weighted by Gasteiger charge is 2.29. The Morgan fingerprint density at radius 3 is 2.17 bits per heavy atom. The predicted molar refractivity (Wildman–Crippen MR) is 97.6 cm³/mol. The number of rotatable bonds is 5. The Hall–Kier alpha value is -1.85.